The summed E-state index contributed by atoms with van der Waals surface area (Å²) >= 11 is 13.0. The average Bonchev–Trinajstić information content (AvgIpc) is 2.74. The standard InChI is InChI=1S/C12H15BrClN.C12H15BrO.H2S/c1-2-8-6-10-9(11(13)7-8)4-3-5-12(10)15-14;1-2-8-6-10-9(11(13)7-8)4-3-5-12(10)14;/h6-7,12,15H,2-5H2,1H3;6-7,12,14H,2-5H2,1H3;1H2/t2*12-;/m01./s1. The molecule has 166 valence electrons. The molecule has 2 aromatic rings. The predicted molar refractivity (Wildman–Crippen MR) is 140 cm³/mol. The maximum atomic E-state index is 9.88. The van der Waals surface area contributed by atoms with E-state index in [-0.39, 0.29) is 19.6 Å². The first-order valence-corrected chi connectivity index (χ1v) is 12.6. The number of hydrogen-bond donors (Lipinski definition) is 2. The monoisotopic (exact) mass is 575 g/mol. The highest BCUT2D eigenvalue weighted by Crippen LogP contribution is 2.36. The van der Waals surface area contributed by atoms with Crippen LogP contribution < -0.4 is 4.84 Å². The Kier molecular flexibility index (Phi) is 10.7. The first-order chi connectivity index (χ1) is 14.0. The van der Waals surface area contributed by atoms with Gasteiger partial charge in [0.25, 0.3) is 0 Å². The van der Waals surface area contributed by atoms with Crippen molar-refractivity contribution >= 4 is 57.1 Å². The van der Waals surface area contributed by atoms with Crippen molar-refractivity contribution in [2.45, 2.75) is 77.4 Å². The van der Waals surface area contributed by atoms with Crippen LogP contribution in [0.25, 0.3) is 0 Å². The van der Waals surface area contributed by atoms with Gasteiger partial charge in [0.15, 0.2) is 0 Å². The topological polar surface area (TPSA) is 32.3 Å². The molecule has 2 aliphatic carbocycles. The van der Waals surface area contributed by atoms with Gasteiger partial charge in [0.1, 0.15) is 0 Å². The van der Waals surface area contributed by atoms with Gasteiger partial charge in [-0.1, -0.05) is 57.8 Å². The number of nitrogens with one attached hydrogen (secondary N) is 1. The summed E-state index contributed by atoms with van der Waals surface area (Å²) in [6.45, 7) is 4.32. The van der Waals surface area contributed by atoms with Crippen LogP contribution in [0.4, 0.5) is 0 Å². The summed E-state index contributed by atoms with van der Waals surface area (Å²) in [5, 5.41) is 9.88. The lowest BCUT2D eigenvalue weighted by molar-refractivity contribution is 0.156. The summed E-state index contributed by atoms with van der Waals surface area (Å²) < 4.78 is 2.42. The molecule has 0 aliphatic heterocycles. The van der Waals surface area contributed by atoms with E-state index in [1.165, 1.54) is 43.2 Å². The second-order valence-electron chi connectivity index (χ2n) is 7.96. The van der Waals surface area contributed by atoms with E-state index in [1.54, 1.807) is 0 Å². The van der Waals surface area contributed by atoms with Crippen LogP contribution in [0.15, 0.2) is 33.2 Å². The zero-order valence-corrected chi connectivity index (χ0v) is 22.6. The minimum Gasteiger partial charge on any atom is -0.388 e. The van der Waals surface area contributed by atoms with Crippen LogP contribution in [0.3, 0.4) is 0 Å². The van der Waals surface area contributed by atoms with Crippen LogP contribution >= 0.6 is 57.1 Å². The lowest BCUT2D eigenvalue weighted by atomic mass is 9.87. The van der Waals surface area contributed by atoms with Gasteiger partial charge in [0, 0.05) is 15.0 Å². The van der Waals surface area contributed by atoms with Crippen LogP contribution in [0.5, 0.6) is 0 Å². The predicted octanol–water partition coefficient (Wildman–Crippen LogP) is 7.63. The van der Waals surface area contributed by atoms with E-state index < -0.39 is 0 Å². The number of aryl methyl sites for hydroxylation is 2. The molecule has 2 aromatic carbocycles. The van der Waals surface area contributed by atoms with Gasteiger partial charge in [-0.3, -0.25) is 0 Å². The first-order valence-electron chi connectivity index (χ1n) is 10.6. The van der Waals surface area contributed by atoms with E-state index in [4.69, 9.17) is 11.8 Å². The summed E-state index contributed by atoms with van der Waals surface area (Å²) in [5.41, 5.74) is 7.93. The first kappa shape index (κ1) is 26.2. The van der Waals surface area contributed by atoms with Crippen molar-refractivity contribution in [1.82, 2.24) is 4.84 Å². The molecule has 2 aliphatic rings. The highest BCUT2D eigenvalue weighted by molar-refractivity contribution is 9.10. The van der Waals surface area contributed by atoms with Gasteiger partial charge >= 0.3 is 0 Å². The molecule has 0 unspecified atom stereocenters. The van der Waals surface area contributed by atoms with E-state index in [1.807, 2.05) is 0 Å². The molecule has 2 nitrogen and oxygen atoms in total. The highest BCUT2D eigenvalue weighted by atomic mass is 79.9. The van der Waals surface area contributed by atoms with Crippen LogP contribution in [0, 0.1) is 0 Å². The molecule has 0 radical (unpaired) electrons. The van der Waals surface area contributed by atoms with Gasteiger partial charge in [-0.2, -0.15) is 13.5 Å². The molecule has 0 amide bonds. The second-order valence-corrected chi connectivity index (χ2v) is 9.89. The molecule has 4 rings (SSSR count). The fraction of sp³-hybridized carbons (Fsp3) is 0.500. The van der Waals surface area contributed by atoms with E-state index in [9.17, 15) is 5.11 Å². The molecule has 0 fully saturated rings. The maximum absolute atomic E-state index is 9.88. The third-order valence-electron chi connectivity index (χ3n) is 6.09. The Labute approximate surface area is 210 Å². The Morgan fingerprint density at radius 2 is 1.40 bits per heavy atom. The second kappa shape index (κ2) is 12.3. The molecule has 0 saturated carbocycles. The zero-order valence-electron chi connectivity index (χ0n) is 17.7. The van der Waals surface area contributed by atoms with Crippen molar-refractivity contribution in [2.24, 2.45) is 0 Å². The fourth-order valence-electron chi connectivity index (χ4n) is 4.36. The van der Waals surface area contributed by atoms with E-state index in [0.29, 0.717) is 6.04 Å². The van der Waals surface area contributed by atoms with Gasteiger partial charge in [0.2, 0.25) is 0 Å². The number of rotatable bonds is 3. The molecule has 0 heterocycles. The van der Waals surface area contributed by atoms with Gasteiger partial charge in [-0.05, 0) is 109 Å². The Morgan fingerprint density at radius 1 is 0.900 bits per heavy atom. The van der Waals surface area contributed by atoms with E-state index in [0.717, 1.165) is 50.5 Å². The largest absolute Gasteiger partial charge is 0.388 e. The molecular formula is C24H32Br2ClNOS. The summed E-state index contributed by atoms with van der Waals surface area (Å²) in [5.74, 6) is 0. The van der Waals surface area contributed by atoms with Crippen LogP contribution in [-0.4, -0.2) is 5.11 Å². The van der Waals surface area contributed by atoms with Gasteiger partial charge in [0.05, 0.1) is 6.10 Å². The molecule has 2 atom stereocenters. The Balaban J connectivity index is 0.000000207. The fourth-order valence-corrected chi connectivity index (χ4v) is 6.03. The smallest absolute Gasteiger partial charge is 0.0793 e. The molecule has 0 bridgehead atoms. The third kappa shape index (κ3) is 6.05. The van der Waals surface area contributed by atoms with Crippen molar-refractivity contribution in [3.8, 4) is 0 Å². The highest BCUT2D eigenvalue weighted by Gasteiger charge is 2.22. The van der Waals surface area contributed by atoms with Gasteiger partial charge in [-0.15, -0.1) is 0 Å². The lowest BCUT2D eigenvalue weighted by Crippen LogP contribution is -2.18. The summed E-state index contributed by atoms with van der Waals surface area (Å²) in [7, 11) is 0. The minimum atomic E-state index is -0.249. The molecule has 0 spiro atoms. The van der Waals surface area contributed by atoms with Crippen molar-refractivity contribution < 1.29 is 5.11 Å². The van der Waals surface area contributed by atoms with Crippen molar-refractivity contribution in [3.05, 3.63) is 66.6 Å². The van der Waals surface area contributed by atoms with Crippen LogP contribution in [0.1, 0.15) is 85.1 Å². The number of halogens is 3. The van der Waals surface area contributed by atoms with Crippen molar-refractivity contribution in [2.75, 3.05) is 0 Å². The van der Waals surface area contributed by atoms with Gasteiger partial charge in [-0.25, -0.2) is 4.84 Å². The Morgan fingerprint density at radius 3 is 1.93 bits per heavy atom. The molecule has 6 heteroatoms. The summed E-state index contributed by atoms with van der Waals surface area (Å²) in [6, 6.07) is 9.17. The molecule has 0 saturated heterocycles. The average molecular weight is 578 g/mol. The Hall–Kier alpha value is -0.0400. The number of benzene rings is 2. The molecular weight excluding hydrogens is 546 g/mol. The molecule has 0 aromatic heterocycles. The molecule has 2 N–H and O–H groups in total. The summed E-state index contributed by atoms with van der Waals surface area (Å²) in [4.78, 5) is 2.89. The van der Waals surface area contributed by atoms with E-state index in [2.05, 4.69) is 74.8 Å². The third-order valence-corrected chi connectivity index (χ3v) is 7.76. The van der Waals surface area contributed by atoms with Crippen molar-refractivity contribution in [3.63, 3.8) is 0 Å². The normalized spacial score (nSPS) is 19.7. The SMILES string of the molecule is CCc1cc(Br)c2c(c1)[C@@H](NCl)CCC2.CCc1cc(Br)c2c(c1)[C@H](O)CCC2.S. The van der Waals surface area contributed by atoms with Gasteiger partial charge < -0.3 is 5.11 Å². The van der Waals surface area contributed by atoms with E-state index >= 15 is 0 Å². The lowest BCUT2D eigenvalue weighted by Gasteiger charge is -2.25. The zero-order chi connectivity index (χ0) is 21.0. The minimum absolute atomic E-state index is 0. The van der Waals surface area contributed by atoms with Crippen LogP contribution in [0.2, 0.25) is 0 Å². The summed E-state index contributed by atoms with van der Waals surface area (Å²) in [6.07, 6.45) is 8.45. The Bertz CT molecular complexity index is 862. The maximum Gasteiger partial charge on any atom is 0.0793 e. The number of fused-ring (bicyclic) bond motifs is 2. The molecule has 30 heavy (non-hydrogen) atoms. The van der Waals surface area contributed by atoms with Crippen LogP contribution in [-0.2, 0) is 25.7 Å². The number of aliphatic hydroxyl groups is 1. The number of aliphatic hydroxyl groups excluding tert-OH is 1. The number of hydrogen-bond acceptors (Lipinski definition) is 2. The quantitative estimate of drug-likeness (QED) is 0.368. The van der Waals surface area contributed by atoms with Crippen molar-refractivity contribution in [1.29, 1.82) is 0 Å².